The average Bonchev–Trinajstić information content (AvgIpc) is 3.25. The molecule has 158 valence electrons. The third-order valence-electron chi connectivity index (χ3n) is 5.05. The average molecular weight is 451 g/mol. The number of fused-ring (bicyclic) bond motifs is 1. The zero-order chi connectivity index (χ0) is 21.3. The van der Waals surface area contributed by atoms with Gasteiger partial charge in [0.15, 0.2) is 5.69 Å². The number of hydrogen-bond acceptors (Lipinski definition) is 5. The number of nitriles is 1. The summed E-state index contributed by atoms with van der Waals surface area (Å²) in [4.78, 5) is 17.8. The van der Waals surface area contributed by atoms with Crippen LogP contribution in [-0.2, 0) is 13.1 Å². The molecular weight excluding hydrogens is 428 g/mol. The molecule has 4 rings (SSSR count). The van der Waals surface area contributed by atoms with Crippen LogP contribution in [0.4, 0.5) is 0 Å². The van der Waals surface area contributed by atoms with Crippen molar-refractivity contribution in [3.8, 4) is 27.8 Å². The molecule has 0 saturated heterocycles. The first-order chi connectivity index (χ1) is 14.5. The van der Waals surface area contributed by atoms with Crippen molar-refractivity contribution in [2.45, 2.75) is 26.9 Å². The number of pyridine rings is 1. The molecule has 5 nitrogen and oxygen atoms in total. The van der Waals surface area contributed by atoms with Crippen LogP contribution in [0.25, 0.3) is 32.5 Å². The number of nitrogens with zero attached hydrogens (tertiary/aromatic N) is 3. The minimum Gasteiger partial charge on any atom is -0.325 e. The first-order valence-electron chi connectivity index (χ1n) is 9.84. The largest absolute Gasteiger partial charge is 0.325 e. The van der Waals surface area contributed by atoms with Crippen molar-refractivity contribution in [1.82, 2.24) is 9.55 Å². The van der Waals surface area contributed by atoms with Crippen LogP contribution in [0.5, 0.6) is 0 Å². The Labute approximate surface area is 191 Å². The van der Waals surface area contributed by atoms with Gasteiger partial charge in [-0.2, -0.15) is 5.26 Å². The number of hydrogen-bond donors (Lipinski definition) is 1. The van der Waals surface area contributed by atoms with E-state index in [9.17, 15) is 4.79 Å². The van der Waals surface area contributed by atoms with E-state index in [-0.39, 0.29) is 24.5 Å². The van der Waals surface area contributed by atoms with Crippen molar-refractivity contribution in [2.75, 3.05) is 0 Å². The summed E-state index contributed by atoms with van der Waals surface area (Å²) in [5, 5.41) is 13.1. The molecule has 0 saturated carbocycles. The van der Waals surface area contributed by atoms with Crippen molar-refractivity contribution in [3.63, 3.8) is 0 Å². The van der Waals surface area contributed by atoms with Crippen LogP contribution in [0.2, 0.25) is 0 Å². The molecule has 4 aromatic rings. The van der Waals surface area contributed by atoms with Crippen LogP contribution in [0, 0.1) is 17.2 Å². The third-order valence-corrected chi connectivity index (χ3v) is 5.94. The van der Waals surface area contributed by atoms with Crippen LogP contribution < -0.4 is 11.3 Å². The number of rotatable bonds is 5. The zero-order valence-electron chi connectivity index (χ0n) is 17.3. The summed E-state index contributed by atoms with van der Waals surface area (Å²) in [6.45, 7) is 5.07. The van der Waals surface area contributed by atoms with Gasteiger partial charge < -0.3 is 10.3 Å². The van der Waals surface area contributed by atoms with Crippen molar-refractivity contribution in [1.29, 1.82) is 5.26 Å². The first-order valence-corrected chi connectivity index (χ1v) is 10.7. The predicted molar refractivity (Wildman–Crippen MR) is 129 cm³/mol. The highest BCUT2D eigenvalue weighted by Crippen LogP contribution is 2.34. The third kappa shape index (κ3) is 4.26. The molecule has 2 aromatic carbocycles. The van der Waals surface area contributed by atoms with Crippen molar-refractivity contribution >= 4 is 34.5 Å². The molecule has 2 N–H and O–H groups in total. The summed E-state index contributed by atoms with van der Waals surface area (Å²) < 4.78 is 1.83. The molecule has 0 bridgehead atoms. The van der Waals surface area contributed by atoms with Crippen LogP contribution in [-0.4, -0.2) is 9.55 Å². The lowest BCUT2D eigenvalue weighted by Crippen LogP contribution is -2.28. The predicted octanol–water partition coefficient (Wildman–Crippen LogP) is 5.20. The van der Waals surface area contributed by atoms with E-state index >= 15 is 0 Å². The van der Waals surface area contributed by atoms with Gasteiger partial charge in [-0.25, -0.2) is 4.98 Å². The zero-order valence-corrected chi connectivity index (χ0v) is 19.0. The van der Waals surface area contributed by atoms with Crippen LogP contribution in [0.3, 0.4) is 0 Å². The second-order valence-electron chi connectivity index (χ2n) is 7.61. The van der Waals surface area contributed by atoms with Crippen LogP contribution in [0.1, 0.15) is 25.2 Å². The monoisotopic (exact) mass is 450 g/mol. The Bertz CT molecular complexity index is 1320. The minimum atomic E-state index is -0.0257. The molecule has 0 atom stereocenters. The molecule has 0 radical (unpaired) electrons. The van der Waals surface area contributed by atoms with Gasteiger partial charge in [0.2, 0.25) is 0 Å². The summed E-state index contributed by atoms with van der Waals surface area (Å²) in [7, 11) is 0. The van der Waals surface area contributed by atoms with E-state index in [1.54, 1.807) is 5.38 Å². The minimum absolute atomic E-state index is 0. The number of thiazole rings is 1. The maximum absolute atomic E-state index is 13.4. The van der Waals surface area contributed by atoms with E-state index in [1.807, 2.05) is 53.1 Å². The van der Waals surface area contributed by atoms with Gasteiger partial charge in [0.1, 0.15) is 11.1 Å². The van der Waals surface area contributed by atoms with Crippen LogP contribution in [0.15, 0.2) is 58.7 Å². The number of benzene rings is 2. The van der Waals surface area contributed by atoms with Gasteiger partial charge in [-0.1, -0.05) is 50.2 Å². The molecular formula is C24H23ClN4OS. The van der Waals surface area contributed by atoms with E-state index in [4.69, 9.17) is 11.0 Å². The molecule has 0 amide bonds. The van der Waals surface area contributed by atoms with E-state index in [2.05, 4.69) is 24.9 Å². The molecule has 2 aromatic heterocycles. The van der Waals surface area contributed by atoms with Gasteiger partial charge in [0, 0.05) is 40.7 Å². The smallest absolute Gasteiger partial charge is 0.258 e. The molecule has 0 aliphatic carbocycles. The Morgan fingerprint density at radius 1 is 1.13 bits per heavy atom. The summed E-state index contributed by atoms with van der Waals surface area (Å²) in [6.07, 6.45) is 0. The van der Waals surface area contributed by atoms with Gasteiger partial charge in [-0.05, 0) is 29.0 Å². The molecule has 0 spiro atoms. The fourth-order valence-electron chi connectivity index (χ4n) is 3.78. The van der Waals surface area contributed by atoms with E-state index in [1.165, 1.54) is 11.3 Å². The Balaban J connectivity index is 0.00000272. The van der Waals surface area contributed by atoms with Crippen molar-refractivity contribution in [2.24, 2.45) is 11.7 Å². The van der Waals surface area contributed by atoms with Gasteiger partial charge >= 0.3 is 0 Å². The second-order valence-corrected chi connectivity index (χ2v) is 8.47. The first kappa shape index (κ1) is 22.7. The Morgan fingerprint density at radius 3 is 2.48 bits per heavy atom. The second kappa shape index (κ2) is 9.44. The highest BCUT2D eigenvalue weighted by atomic mass is 35.5. The topological polar surface area (TPSA) is 84.7 Å². The fraction of sp³-hybridized carbons (Fsp3) is 0.208. The number of nitrogens with two attached hydrogens (primary N) is 1. The maximum Gasteiger partial charge on any atom is 0.258 e. The SMILES string of the molecule is CC(C)Cn1c(CN)c(-c2ccccc2)c2cc(-c3nc(C#N)cs3)ccc2c1=O.Cl. The lowest BCUT2D eigenvalue weighted by atomic mass is 9.95. The molecule has 2 heterocycles. The van der Waals surface area contributed by atoms with Crippen LogP contribution >= 0.6 is 23.7 Å². The summed E-state index contributed by atoms with van der Waals surface area (Å²) in [5.41, 5.74) is 10.3. The van der Waals surface area contributed by atoms with Crippen molar-refractivity contribution in [3.05, 3.63) is 75.7 Å². The fourth-order valence-corrected chi connectivity index (χ4v) is 4.53. The highest BCUT2D eigenvalue weighted by Gasteiger charge is 2.19. The van der Waals surface area contributed by atoms with E-state index in [0.29, 0.717) is 23.5 Å². The van der Waals surface area contributed by atoms with E-state index in [0.717, 1.165) is 32.8 Å². The normalized spacial score (nSPS) is 10.8. The molecule has 0 fully saturated rings. The molecule has 7 heteroatoms. The van der Waals surface area contributed by atoms with Gasteiger partial charge in [-0.15, -0.1) is 23.7 Å². The van der Waals surface area contributed by atoms with Crippen molar-refractivity contribution < 1.29 is 0 Å². The lowest BCUT2D eigenvalue weighted by Gasteiger charge is -2.21. The quantitative estimate of drug-likeness (QED) is 0.452. The van der Waals surface area contributed by atoms with Gasteiger partial charge in [-0.3, -0.25) is 4.79 Å². The summed E-state index contributed by atoms with van der Waals surface area (Å²) >= 11 is 1.42. The van der Waals surface area contributed by atoms with Gasteiger partial charge in [0.25, 0.3) is 5.56 Å². The molecule has 0 aliphatic heterocycles. The van der Waals surface area contributed by atoms with E-state index < -0.39 is 0 Å². The Morgan fingerprint density at radius 2 is 1.87 bits per heavy atom. The molecule has 31 heavy (non-hydrogen) atoms. The molecule has 0 aliphatic rings. The number of halogens is 1. The summed E-state index contributed by atoms with van der Waals surface area (Å²) in [5.74, 6) is 0.313. The number of aromatic nitrogens is 2. The maximum atomic E-state index is 13.4. The Hall–Kier alpha value is -2.98. The standard InChI is InChI=1S/C24H22N4OS.ClH/c1-15(2)13-28-21(12-26)22(16-6-4-3-5-7-16)20-10-17(8-9-19(20)24(28)29)23-27-18(11-25)14-30-23;/h3-10,14-15H,12-13,26H2,1-2H3;1H. The Kier molecular flexibility index (Phi) is 6.91. The molecule has 0 unspecified atom stereocenters. The highest BCUT2D eigenvalue weighted by molar-refractivity contribution is 7.13. The lowest BCUT2D eigenvalue weighted by molar-refractivity contribution is 0.499. The summed E-state index contributed by atoms with van der Waals surface area (Å²) in [6, 6.07) is 17.9. The van der Waals surface area contributed by atoms with Gasteiger partial charge in [0.05, 0.1) is 0 Å².